The van der Waals surface area contributed by atoms with E-state index in [4.69, 9.17) is 11.6 Å². The maximum atomic E-state index is 14.0. The minimum atomic E-state index is -0.360. The molecule has 0 aliphatic carbocycles. The molecule has 0 bridgehead atoms. The first-order chi connectivity index (χ1) is 10.2. The van der Waals surface area contributed by atoms with E-state index in [1.165, 1.54) is 23.4 Å². The van der Waals surface area contributed by atoms with Crippen molar-refractivity contribution in [3.05, 3.63) is 71.5 Å². The van der Waals surface area contributed by atoms with Crippen molar-refractivity contribution in [2.75, 3.05) is 5.32 Å². The maximum Gasteiger partial charge on any atom is 0.150 e. The summed E-state index contributed by atoms with van der Waals surface area (Å²) < 4.78 is 15.4. The molecular formula is C15H12ClFN4. The Labute approximate surface area is 126 Å². The monoisotopic (exact) mass is 302 g/mol. The Balaban J connectivity index is 1.72. The maximum absolute atomic E-state index is 14.0. The molecule has 0 saturated carbocycles. The van der Waals surface area contributed by atoms with E-state index < -0.39 is 0 Å². The summed E-state index contributed by atoms with van der Waals surface area (Å²) in [7, 11) is 0. The molecule has 0 aliphatic heterocycles. The molecule has 106 valence electrons. The second kappa shape index (κ2) is 5.93. The molecule has 0 radical (unpaired) electrons. The van der Waals surface area contributed by atoms with E-state index in [1.807, 2.05) is 24.3 Å². The van der Waals surface area contributed by atoms with Gasteiger partial charge in [0.2, 0.25) is 0 Å². The fourth-order valence-corrected chi connectivity index (χ4v) is 2.07. The first-order valence-electron chi connectivity index (χ1n) is 6.35. The lowest BCUT2D eigenvalue weighted by Crippen LogP contribution is -2.02. The predicted octanol–water partition coefficient (Wildman–Crippen LogP) is 3.67. The van der Waals surface area contributed by atoms with E-state index in [0.717, 1.165) is 5.56 Å². The number of aromatic nitrogens is 3. The Morgan fingerprint density at radius 1 is 1.14 bits per heavy atom. The average molecular weight is 303 g/mol. The summed E-state index contributed by atoms with van der Waals surface area (Å²) in [6.45, 7) is 0.597. The normalized spacial score (nSPS) is 10.6. The lowest BCUT2D eigenvalue weighted by molar-refractivity contribution is 0.611. The van der Waals surface area contributed by atoms with Crippen LogP contribution in [0.15, 0.2) is 55.1 Å². The molecule has 3 rings (SSSR count). The fraction of sp³-hybridized carbons (Fsp3) is 0.0667. The van der Waals surface area contributed by atoms with Crippen LogP contribution in [0, 0.1) is 5.82 Å². The van der Waals surface area contributed by atoms with Gasteiger partial charge in [-0.25, -0.2) is 14.1 Å². The van der Waals surface area contributed by atoms with Gasteiger partial charge in [-0.3, -0.25) is 0 Å². The van der Waals surface area contributed by atoms with Crippen molar-refractivity contribution in [1.82, 2.24) is 14.8 Å². The van der Waals surface area contributed by atoms with Crippen LogP contribution in [0.3, 0.4) is 0 Å². The molecule has 0 amide bonds. The molecule has 3 aromatic rings. The summed E-state index contributed by atoms with van der Waals surface area (Å²) in [5.41, 5.74) is 2.14. The van der Waals surface area contributed by atoms with Crippen LogP contribution >= 0.6 is 11.6 Å². The Morgan fingerprint density at radius 3 is 2.62 bits per heavy atom. The number of nitrogens with one attached hydrogen (secondary N) is 1. The van der Waals surface area contributed by atoms with Crippen molar-refractivity contribution in [1.29, 1.82) is 0 Å². The minimum absolute atomic E-state index is 0.360. The number of hydrogen-bond donors (Lipinski definition) is 1. The number of benzene rings is 2. The van der Waals surface area contributed by atoms with Crippen molar-refractivity contribution >= 4 is 17.3 Å². The quantitative estimate of drug-likeness (QED) is 0.799. The van der Waals surface area contributed by atoms with Crippen LogP contribution in [-0.2, 0) is 6.54 Å². The number of anilines is 1. The molecule has 4 nitrogen and oxygen atoms in total. The van der Waals surface area contributed by atoms with Crippen molar-refractivity contribution in [2.45, 2.75) is 6.54 Å². The largest absolute Gasteiger partial charge is 0.381 e. The minimum Gasteiger partial charge on any atom is -0.381 e. The van der Waals surface area contributed by atoms with Crippen LogP contribution < -0.4 is 5.32 Å². The SMILES string of the molecule is Fc1cc(NCc2ccc(Cl)cc2)ccc1-n1cncn1. The van der Waals surface area contributed by atoms with Gasteiger partial charge < -0.3 is 5.32 Å². The Morgan fingerprint density at radius 2 is 1.95 bits per heavy atom. The summed E-state index contributed by atoms with van der Waals surface area (Å²) in [6, 6.07) is 12.4. The lowest BCUT2D eigenvalue weighted by atomic mass is 10.2. The van der Waals surface area contributed by atoms with Gasteiger partial charge in [0.25, 0.3) is 0 Å². The Kier molecular flexibility index (Phi) is 3.83. The van der Waals surface area contributed by atoms with Crippen molar-refractivity contribution in [2.24, 2.45) is 0 Å². The van der Waals surface area contributed by atoms with Gasteiger partial charge in [0.05, 0.1) is 0 Å². The summed E-state index contributed by atoms with van der Waals surface area (Å²) in [5, 5.41) is 7.77. The molecule has 1 aromatic heterocycles. The number of nitrogens with zero attached hydrogens (tertiary/aromatic N) is 3. The highest BCUT2D eigenvalue weighted by Gasteiger charge is 2.06. The van der Waals surface area contributed by atoms with E-state index in [2.05, 4.69) is 15.4 Å². The van der Waals surface area contributed by atoms with Crippen molar-refractivity contribution in [3.8, 4) is 5.69 Å². The molecule has 0 atom stereocenters. The van der Waals surface area contributed by atoms with E-state index >= 15 is 0 Å². The Hall–Kier alpha value is -2.40. The third-order valence-corrected chi connectivity index (χ3v) is 3.28. The average Bonchev–Trinajstić information content (AvgIpc) is 3.01. The predicted molar refractivity (Wildman–Crippen MR) is 80.1 cm³/mol. The molecule has 0 saturated heterocycles. The lowest BCUT2D eigenvalue weighted by Gasteiger charge is -2.09. The summed E-state index contributed by atoms with van der Waals surface area (Å²) >= 11 is 5.83. The molecule has 0 fully saturated rings. The van der Waals surface area contributed by atoms with Crippen LogP contribution in [0.25, 0.3) is 5.69 Å². The second-order valence-electron chi connectivity index (χ2n) is 4.49. The first kappa shape index (κ1) is 13.6. The smallest absolute Gasteiger partial charge is 0.150 e. The van der Waals surface area contributed by atoms with Crippen LogP contribution in [0.4, 0.5) is 10.1 Å². The van der Waals surface area contributed by atoms with E-state index in [1.54, 1.807) is 12.1 Å². The molecule has 2 aromatic carbocycles. The van der Waals surface area contributed by atoms with E-state index in [9.17, 15) is 4.39 Å². The molecular weight excluding hydrogens is 291 g/mol. The molecule has 6 heteroatoms. The summed E-state index contributed by atoms with van der Waals surface area (Å²) in [6.07, 6.45) is 2.82. The van der Waals surface area contributed by atoms with Gasteiger partial charge in [-0.15, -0.1) is 0 Å². The van der Waals surface area contributed by atoms with Gasteiger partial charge in [-0.1, -0.05) is 23.7 Å². The standard InChI is InChI=1S/C15H12ClFN4/c16-12-3-1-11(2-4-12)8-19-13-5-6-15(14(17)7-13)21-10-18-9-20-21/h1-7,9-10,19H,8H2. The van der Waals surface area contributed by atoms with Gasteiger partial charge in [0.15, 0.2) is 5.82 Å². The zero-order valence-electron chi connectivity index (χ0n) is 11.0. The zero-order valence-corrected chi connectivity index (χ0v) is 11.8. The van der Waals surface area contributed by atoms with Gasteiger partial charge in [0, 0.05) is 17.3 Å². The van der Waals surface area contributed by atoms with Gasteiger partial charge >= 0.3 is 0 Å². The zero-order chi connectivity index (χ0) is 14.7. The number of halogens is 2. The third kappa shape index (κ3) is 3.20. The molecule has 1 heterocycles. The van der Waals surface area contributed by atoms with Crippen molar-refractivity contribution < 1.29 is 4.39 Å². The van der Waals surface area contributed by atoms with E-state index in [-0.39, 0.29) is 5.82 Å². The topological polar surface area (TPSA) is 42.7 Å². The fourth-order valence-electron chi connectivity index (χ4n) is 1.94. The third-order valence-electron chi connectivity index (χ3n) is 3.02. The van der Waals surface area contributed by atoms with Gasteiger partial charge in [-0.05, 0) is 35.9 Å². The molecule has 1 N–H and O–H groups in total. The molecule has 21 heavy (non-hydrogen) atoms. The first-order valence-corrected chi connectivity index (χ1v) is 6.73. The van der Waals surface area contributed by atoms with E-state index in [0.29, 0.717) is 22.9 Å². The summed E-state index contributed by atoms with van der Waals surface area (Å²) in [5.74, 6) is -0.360. The molecule has 0 aliphatic rings. The summed E-state index contributed by atoms with van der Waals surface area (Å²) in [4.78, 5) is 3.80. The second-order valence-corrected chi connectivity index (χ2v) is 4.92. The van der Waals surface area contributed by atoms with Crippen LogP contribution in [-0.4, -0.2) is 14.8 Å². The highest BCUT2D eigenvalue weighted by molar-refractivity contribution is 6.30. The Bertz CT molecular complexity index is 726. The van der Waals surface area contributed by atoms with Crippen LogP contribution in [0.5, 0.6) is 0 Å². The number of hydrogen-bond acceptors (Lipinski definition) is 3. The highest BCUT2D eigenvalue weighted by Crippen LogP contribution is 2.18. The van der Waals surface area contributed by atoms with Gasteiger partial charge in [0.1, 0.15) is 18.3 Å². The number of rotatable bonds is 4. The molecule has 0 unspecified atom stereocenters. The van der Waals surface area contributed by atoms with Crippen LogP contribution in [0.2, 0.25) is 5.02 Å². The van der Waals surface area contributed by atoms with Crippen LogP contribution in [0.1, 0.15) is 5.56 Å². The highest BCUT2D eigenvalue weighted by atomic mass is 35.5. The van der Waals surface area contributed by atoms with Crippen molar-refractivity contribution in [3.63, 3.8) is 0 Å². The molecule has 0 spiro atoms. The van der Waals surface area contributed by atoms with Gasteiger partial charge in [-0.2, -0.15) is 5.10 Å².